The largest absolute Gasteiger partial charge is 0.356 e. The molecular formula is C20H25F2N7O2S. The maximum Gasteiger partial charge on any atom is 0.282 e. The summed E-state index contributed by atoms with van der Waals surface area (Å²) in [5.74, 6) is 0.850. The minimum absolute atomic E-state index is 0.149. The zero-order chi connectivity index (χ0) is 22.9. The Morgan fingerprint density at radius 3 is 2.84 bits per heavy atom. The maximum atomic E-state index is 13.2. The third-order valence-corrected chi connectivity index (χ3v) is 6.14. The molecule has 9 nitrogen and oxygen atoms in total. The van der Waals surface area contributed by atoms with E-state index in [1.54, 1.807) is 12.3 Å². The molecule has 172 valence electrons. The van der Waals surface area contributed by atoms with Crippen LogP contribution in [0, 0.1) is 5.92 Å². The third kappa shape index (κ3) is 5.03. The highest BCUT2D eigenvalue weighted by molar-refractivity contribution is 7.88. The van der Waals surface area contributed by atoms with E-state index in [4.69, 9.17) is 5.73 Å². The number of piperidine rings is 1. The molecular weight excluding hydrogens is 440 g/mol. The Labute approximate surface area is 184 Å². The van der Waals surface area contributed by atoms with Crippen LogP contribution >= 0.6 is 0 Å². The van der Waals surface area contributed by atoms with Crippen LogP contribution in [0.3, 0.4) is 0 Å². The van der Waals surface area contributed by atoms with E-state index in [1.807, 2.05) is 6.07 Å². The van der Waals surface area contributed by atoms with Crippen LogP contribution in [0.4, 0.5) is 14.6 Å². The standard InChI is InChI=1S/C20H25F2N7O2S/c1-32(30,31)25-10-13-3-2-6-28(12-13)19-8-14(7-15(9-23)26-19)17-11-24-18-5-4-16(20(21)22)27-29(17)18/h4-5,7-8,11,13,20,25H,2-3,6,9-10,12,23H2,1H3. The van der Waals surface area contributed by atoms with E-state index in [2.05, 4.69) is 24.7 Å². The van der Waals surface area contributed by atoms with Gasteiger partial charge in [-0.3, -0.25) is 0 Å². The predicted octanol–water partition coefficient (Wildman–Crippen LogP) is 1.95. The van der Waals surface area contributed by atoms with Crippen LogP contribution in [-0.4, -0.2) is 53.9 Å². The summed E-state index contributed by atoms with van der Waals surface area (Å²) in [7, 11) is -3.25. The van der Waals surface area contributed by atoms with Crippen LogP contribution in [-0.2, 0) is 16.6 Å². The van der Waals surface area contributed by atoms with Crippen molar-refractivity contribution in [2.24, 2.45) is 11.7 Å². The molecule has 1 saturated heterocycles. The van der Waals surface area contributed by atoms with Gasteiger partial charge in [0, 0.05) is 31.7 Å². The number of alkyl halides is 2. The van der Waals surface area contributed by atoms with Gasteiger partial charge in [-0.05, 0) is 43.0 Å². The van der Waals surface area contributed by atoms with Gasteiger partial charge in [0.25, 0.3) is 6.43 Å². The summed E-state index contributed by atoms with van der Waals surface area (Å²) in [4.78, 5) is 11.0. The van der Waals surface area contributed by atoms with Crippen molar-refractivity contribution >= 4 is 21.5 Å². The number of halogens is 2. The molecule has 4 rings (SSSR count). The minimum atomic E-state index is -3.25. The number of hydrogen-bond acceptors (Lipinski definition) is 7. The lowest BCUT2D eigenvalue weighted by Gasteiger charge is -2.34. The fourth-order valence-electron chi connectivity index (χ4n) is 3.90. The number of pyridine rings is 1. The molecule has 0 radical (unpaired) electrons. The third-order valence-electron chi connectivity index (χ3n) is 5.45. The van der Waals surface area contributed by atoms with Crippen molar-refractivity contribution in [1.29, 1.82) is 0 Å². The number of nitrogens with two attached hydrogens (primary N) is 1. The van der Waals surface area contributed by atoms with Gasteiger partial charge >= 0.3 is 0 Å². The first-order valence-electron chi connectivity index (χ1n) is 10.3. The van der Waals surface area contributed by atoms with E-state index >= 15 is 0 Å². The number of aromatic nitrogens is 4. The molecule has 0 bridgehead atoms. The first-order chi connectivity index (χ1) is 15.2. The molecule has 12 heteroatoms. The highest BCUT2D eigenvalue weighted by Gasteiger charge is 2.23. The van der Waals surface area contributed by atoms with Crippen molar-refractivity contribution in [3.05, 3.63) is 41.9 Å². The zero-order valence-corrected chi connectivity index (χ0v) is 18.4. The SMILES string of the molecule is CS(=O)(=O)NCC1CCCN(c2cc(-c3cnc4ccc(C(F)F)nn34)cc(CN)n2)C1. The van der Waals surface area contributed by atoms with Gasteiger partial charge in [-0.2, -0.15) is 5.10 Å². The van der Waals surface area contributed by atoms with Crippen molar-refractivity contribution in [2.45, 2.75) is 25.8 Å². The van der Waals surface area contributed by atoms with E-state index in [0.29, 0.717) is 35.9 Å². The zero-order valence-electron chi connectivity index (χ0n) is 17.6. The topological polar surface area (TPSA) is 119 Å². The molecule has 3 N–H and O–H groups in total. The summed E-state index contributed by atoms with van der Waals surface area (Å²) < 4.78 is 53.2. The van der Waals surface area contributed by atoms with Gasteiger partial charge in [0.15, 0.2) is 5.65 Å². The lowest BCUT2D eigenvalue weighted by molar-refractivity contribution is 0.144. The van der Waals surface area contributed by atoms with Crippen LogP contribution in [0.25, 0.3) is 16.9 Å². The molecule has 1 aliphatic rings. The summed E-state index contributed by atoms with van der Waals surface area (Å²) in [6.07, 6.45) is 1.86. The molecule has 0 aliphatic carbocycles. The lowest BCUT2D eigenvalue weighted by atomic mass is 9.98. The quantitative estimate of drug-likeness (QED) is 0.547. The number of sulfonamides is 1. The van der Waals surface area contributed by atoms with Gasteiger partial charge in [-0.1, -0.05) is 0 Å². The molecule has 32 heavy (non-hydrogen) atoms. The molecule has 0 saturated carbocycles. The minimum Gasteiger partial charge on any atom is -0.356 e. The second-order valence-electron chi connectivity index (χ2n) is 7.96. The summed E-state index contributed by atoms with van der Waals surface area (Å²) in [6.45, 7) is 1.99. The molecule has 1 fully saturated rings. The molecule has 0 amide bonds. The maximum absolute atomic E-state index is 13.2. The van der Waals surface area contributed by atoms with Crippen LogP contribution in [0.15, 0.2) is 30.5 Å². The highest BCUT2D eigenvalue weighted by Crippen LogP contribution is 2.28. The number of rotatable bonds is 7. The molecule has 0 spiro atoms. The Bertz CT molecular complexity index is 1220. The van der Waals surface area contributed by atoms with Crippen LogP contribution < -0.4 is 15.4 Å². The van der Waals surface area contributed by atoms with Crippen LogP contribution in [0.5, 0.6) is 0 Å². The number of nitrogens with one attached hydrogen (secondary N) is 1. The average molecular weight is 466 g/mol. The van der Waals surface area contributed by atoms with Crippen molar-refractivity contribution in [2.75, 3.05) is 30.8 Å². The Kier molecular flexibility index (Phi) is 6.35. The smallest absolute Gasteiger partial charge is 0.282 e. The second-order valence-corrected chi connectivity index (χ2v) is 9.79. The summed E-state index contributed by atoms with van der Waals surface area (Å²) in [6, 6.07) is 6.44. The molecule has 1 aliphatic heterocycles. The highest BCUT2D eigenvalue weighted by atomic mass is 32.2. The first-order valence-corrected chi connectivity index (χ1v) is 12.2. The number of imidazole rings is 1. The van der Waals surface area contributed by atoms with Gasteiger partial charge in [-0.25, -0.2) is 36.4 Å². The molecule has 4 heterocycles. The Balaban J connectivity index is 1.66. The van der Waals surface area contributed by atoms with Crippen molar-refractivity contribution in [1.82, 2.24) is 24.3 Å². The Morgan fingerprint density at radius 2 is 2.12 bits per heavy atom. The van der Waals surface area contributed by atoms with Crippen molar-refractivity contribution in [3.8, 4) is 11.3 Å². The van der Waals surface area contributed by atoms with Crippen molar-refractivity contribution in [3.63, 3.8) is 0 Å². The first kappa shape index (κ1) is 22.5. The molecule has 3 aromatic heterocycles. The second kappa shape index (κ2) is 9.04. The van der Waals surface area contributed by atoms with E-state index in [0.717, 1.165) is 31.2 Å². The fraction of sp³-hybridized carbons (Fsp3) is 0.450. The van der Waals surface area contributed by atoms with E-state index < -0.39 is 16.4 Å². The van der Waals surface area contributed by atoms with Gasteiger partial charge < -0.3 is 10.6 Å². The van der Waals surface area contributed by atoms with Gasteiger partial charge in [0.05, 0.1) is 23.8 Å². The van der Waals surface area contributed by atoms with Crippen LogP contribution in [0.2, 0.25) is 0 Å². The van der Waals surface area contributed by atoms with E-state index in [1.165, 1.54) is 16.6 Å². The van der Waals surface area contributed by atoms with Gasteiger partial charge in [0.2, 0.25) is 10.0 Å². The van der Waals surface area contributed by atoms with Gasteiger partial charge in [0.1, 0.15) is 11.5 Å². The average Bonchev–Trinajstić information content (AvgIpc) is 3.20. The molecule has 1 atom stereocenters. The monoisotopic (exact) mass is 465 g/mol. The summed E-state index contributed by atoms with van der Waals surface area (Å²) in [5, 5.41) is 4.04. The molecule has 0 aromatic carbocycles. The number of nitrogens with zero attached hydrogens (tertiary/aromatic N) is 5. The number of hydrogen-bond donors (Lipinski definition) is 2. The van der Waals surface area contributed by atoms with Gasteiger partial charge in [-0.15, -0.1) is 0 Å². The molecule has 1 unspecified atom stereocenters. The predicted molar refractivity (Wildman–Crippen MR) is 117 cm³/mol. The Morgan fingerprint density at radius 1 is 1.31 bits per heavy atom. The summed E-state index contributed by atoms with van der Waals surface area (Å²) in [5.41, 5.74) is 7.93. The fourth-order valence-corrected chi connectivity index (χ4v) is 4.43. The number of anilines is 1. The molecule has 3 aromatic rings. The van der Waals surface area contributed by atoms with E-state index in [-0.39, 0.29) is 18.2 Å². The van der Waals surface area contributed by atoms with Crippen LogP contribution in [0.1, 0.15) is 30.7 Å². The Hall–Kier alpha value is -2.70. The number of fused-ring (bicyclic) bond motifs is 1. The normalized spacial score (nSPS) is 17.4. The van der Waals surface area contributed by atoms with Crippen molar-refractivity contribution < 1.29 is 17.2 Å². The summed E-state index contributed by atoms with van der Waals surface area (Å²) >= 11 is 0. The van der Waals surface area contributed by atoms with E-state index in [9.17, 15) is 17.2 Å². The lowest BCUT2D eigenvalue weighted by Crippen LogP contribution is -2.41.